The SMILES string of the molecule is COC[C@@](C)(NC(=O)c1cc(C)n(-c2ccc(C)cc2)n1)C(=O)O. The quantitative estimate of drug-likeness (QED) is 0.840. The molecule has 1 atom stereocenters. The fourth-order valence-corrected chi connectivity index (χ4v) is 2.29. The standard InChI is InChI=1S/C17H21N3O4/c1-11-5-7-13(8-6-11)20-12(2)9-14(19-20)15(21)18-17(3,10-24-4)16(22)23/h5-9H,10H2,1-4H3,(H,18,21)(H,22,23)/t17-/m1/s1. The van der Waals surface area contributed by atoms with E-state index in [9.17, 15) is 14.7 Å². The van der Waals surface area contributed by atoms with Gasteiger partial charge in [-0.1, -0.05) is 17.7 Å². The lowest BCUT2D eigenvalue weighted by Gasteiger charge is -2.24. The molecule has 0 aliphatic heterocycles. The van der Waals surface area contributed by atoms with Gasteiger partial charge in [-0.3, -0.25) is 4.79 Å². The van der Waals surface area contributed by atoms with E-state index in [1.54, 1.807) is 10.7 Å². The van der Waals surface area contributed by atoms with E-state index in [2.05, 4.69) is 10.4 Å². The highest BCUT2D eigenvalue weighted by Gasteiger charge is 2.35. The fourth-order valence-electron chi connectivity index (χ4n) is 2.29. The molecular formula is C17H21N3O4. The van der Waals surface area contributed by atoms with E-state index >= 15 is 0 Å². The number of aliphatic carboxylic acids is 1. The molecule has 0 radical (unpaired) electrons. The van der Waals surface area contributed by atoms with Crippen LogP contribution in [0.4, 0.5) is 0 Å². The van der Waals surface area contributed by atoms with Crippen LogP contribution in [0, 0.1) is 13.8 Å². The Labute approximate surface area is 140 Å². The van der Waals surface area contributed by atoms with Gasteiger partial charge >= 0.3 is 5.97 Å². The van der Waals surface area contributed by atoms with Gasteiger partial charge in [-0.2, -0.15) is 5.10 Å². The summed E-state index contributed by atoms with van der Waals surface area (Å²) in [5.74, 6) is -1.74. The second-order valence-corrected chi connectivity index (χ2v) is 5.94. The number of hydrogen-bond donors (Lipinski definition) is 2. The molecule has 0 aliphatic rings. The average molecular weight is 331 g/mol. The van der Waals surface area contributed by atoms with Gasteiger partial charge in [0, 0.05) is 12.8 Å². The smallest absolute Gasteiger partial charge is 0.331 e. The number of nitrogens with zero attached hydrogens (tertiary/aromatic N) is 2. The van der Waals surface area contributed by atoms with E-state index < -0.39 is 17.4 Å². The van der Waals surface area contributed by atoms with E-state index in [1.807, 2.05) is 38.1 Å². The third-order valence-electron chi connectivity index (χ3n) is 3.69. The first-order chi connectivity index (χ1) is 11.3. The zero-order chi connectivity index (χ0) is 17.9. The number of hydrogen-bond acceptors (Lipinski definition) is 4. The number of ether oxygens (including phenoxy) is 1. The number of amides is 1. The first-order valence-electron chi connectivity index (χ1n) is 7.45. The Morgan fingerprint density at radius 2 is 1.92 bits per heavy atom. The molecule has 0 fully saturated rings. The van der Waals surface area contributed by atoms with Gasteiger partial charge in [0.15, 0.2) is 11.2 Å². The monoisotopic (exact) mass is 331 g/mol. The maximum atomic E-state index is 12.4. The number of rotatable bonds is 6. The Morgan fingerprint density at radius 1 is 1.29 bits per heavy atom. The molecule has 0 unspecified atom stereocenters. The van der Waals surface area contributed by atoms with Crippen molar-refractivity contribution in [1.29, 1.82) is 0 Å². The van der Waals surface area contributed by atoms with Crippen LogP contribution in [0.25, 0.3) is 5.69 Å². The van der Waals surface area contributed by atoms with Crippen LogP contribution in [0.2, 0.25) is 0 Å². The second-order valence-electron chi connectivity index (χ2n) is 5.94. The maximum Gasteiger partial charge on any atom is 0.331 e. The summed E-state index contributed by atoms with van der Waals surface area (Å²) in [5, 5.41) is 16.1. The number of nitrogens with one attached hydrogen (secondary N) is 1. The molecule has 7 nitrogen and oxygen atoms in total. The fraction of sp³-hybridized carbons (Fsp3) is 0.353. The maximum absolute atomic E-state index is 12.4. The molecule has 1 aromatic carbocycles. The highest BCUT2D eigenvalue weighted by atomic mass is 16.5. The lowest BCUT2D eigenvalue weighted by atomic mass is 10.0. The number of benzene rings is 1. The van der Waals surface area contributed by atoms with Crippen molar-refractivity contribution < 1.29 is 19.4 Å². The van der Waals surface area contributed by atoms with Crippen LogP contribution in [-0.4, -0.2) is 46.0 Å². The minimum Gasteiger partial charge on any atom is -0.479 e. The van der Waals surface area contributed by atoms with Crippen molar-refractivity contribution in [3.05, 3.63) is 47.3 Å². The summed E-state index contributed by atoms with van der Waals surface area (Å²) in [4.78, 5) is 23.8. The molecule has 0 bridgehead atoms. The predicted octanol–water partition coefficient (Wildman–Crippen LogP) is 1.71. The van der Waals surface area contributed by atoms with Crippen molar-refractivity contribution in [2.45, 2.75) is 26.3 Å². The normalized spacial score (nSPS) is 13.3. The van der Waals surface area contributed by atoms with Gasteiger partial charge in [-0.05, 0) is 39.0 Å². The van der Waals surface area contributed by atoms with E-state index in [-0.39, 0.29) is 12.3 Å². The van der Waals surface area contributed by atoms with Crippen LogP contribution in [0.5, 0.6) is 0 Å². The third kappa shape index (κ3) is 3.62. The minimum absolute atomic E-state index is 0.147. The van der Waals surface area contributed by atoms with Crippen molar-refractivity contribution in [3.8, 4) is 5.69 Å². The third-order valence-corrected chi connectivity index (χ3v) is 3.69. The van der Waals surface area contributed by atoms with E-state index in [1.165, 1.54) is 14.0 Å². The zero-order valence-corrected chi connectivity index (χ0v) is 14.2. The van der Waals surface area contributed by atoms with Crippen LogP contribution in [0.15, 0.2) is 30.3 Å². The van der Waals surface area contributed by atoms with Crippen LogP contribution in [0.3, 0.4) is 0 Å². The van der Waals surface area contributed by atoms with Gasteiger partial charge in [0.25, 0.3) is 5.91 Å². The lowest BCUT2D eigenvalue weighted by Crippen LogP contribution is -2.55. The number of carboxylic acid groups (broad SMARTS) is 1. The minimum atomic E-state index is -1.52. The van der Waals surface area contributed by atoms with Crippen molar-refractivity contribution >= 4 is 11.9 Å². The molecule has 1 heterocycles. The highest BCUT2D eigenvalue weighted by Crippen LogP contribution is 2.14. The van der Waals surface area contributed by atoms with E-state index in [4.69, 9.17) is 4.74 Å². The first kappa shape index (κ1) is 17.7. The number of carboxylic acids is 1. The Bertz CT molecular complexity index is 752. The Balaban J connectivity index is 2.27. The van der Waals surface area contributed by atoms with Crippen LogP contribution >= 0.6 is 0 Å². The summed E-state index contributed by atoms with van der Waals surface area (Å²) in [5.41, 5.74) is 1.35. The molecule has 1 amide bonds. The lowest BCUT2D eigenvalue weighted by molar-refractivity contribution is -0.145. The molecule has 2 N–H and O–H groups in total. The molecule has 2 rings (SSSR count). The van der Waals surface area contributed by atoms with Crippen LogP contribution < -0.4 is 5.32 Å². The summed E-state index contributed by atoms with van der Waals surface area (Å²) in [6, 6.07) is 9.34. The van der Waals surface area contributed by atoms with Crippen molar-refractivity contribution in [1.82, 2.24) is 15.1 Å². The Hall–Kier alpha value is -2.67. The summed E-state index contributed by atoms with van der Waals surface area (Å²) >= 11 is 0. The molecule has 0 saturated carbocycles. The zero-order valence-electron chi connectivity index (χ0n) is 14.2. The predicted molar refractivity (Wildman–Crippen MR) is 88.4 cm³/mol. The van der Waals surface area contributed by atoms with Crippen molar-refractivity contribution in [3.63, 3.8) is 0 Å². The molecule has 1 aromatic heterocycles. The molecule has 128 valence electrons. The number of aromatic nitrogens is 2. The summed E-state index contributed by atoms with van der Waals surface area (Å²) < 4.78 is 6.53. The van der Waals surface area contributed by atoms with Gasteiger partial charge in [0.1, 0.15) is 0 Å². The summed E-state index contributed by atoms with van der Waals surface area (Å²) in [7, 11) is 1.38. The molecular weight excluding hydrogens is 310 g/mol. The van der Waals surface area contributed by atoms with Gasteiger partial charge in [0.2, 0.25) is 0 Å². The largest absolute Gasteiger partial charge is 0.479 e. The van der Waals surface area contributed by atoms with E-state index in [0.717, 1.165) is 16.9 Å². The molecule has 2 aromatic rings. The first-order valence-corrected chi connectivity index (χ1v) is 7.45. The number of methoxy groups -OCH3 is 1. The molecule has 0 aliphatic carbocycles. The van der Waals surface area contributed by atoms with E-state index in [0.29, 0.717) is 0 Å². The van der Waals surface area contributed by atoms with Gasteiger partial charge in [-0.25, -0.2) is 9.48 Å². The summed E-state index contributed by atoms with van der Waals surface area (Å²) in [6.07, 6.45) is 0. The number of carbonyl (C=O) groups is 2. The molecule has 0 spiro atoms. The van der Waals surface area contributed by atoms with Gasteiger partial charge in [0.05, 0.1) is 12.3 Å². The molecule has 24 heavy (non-hydrogen) atoms. The average Bonchev–Trinajstić information content (AvgIpc) is 2.90. The molecule has 7 heteroatoms. The highest BCUT2D eigenvalue weighted by molar-refractivity contribution is 5.96. The molecule has 0 saturated heterocycles. The van der Waals surface area contributed by atoms with Gasteiger partial charge in [-0.15, -0.1) is 0 Å². The van der Waals surface area contributed by atoms with Crippen molar-refractivity contribution in [2.24, 2.45) is 0 Å². The number of aryl methyl sites for hydroxylation is 2. The Kier molecular flexibility index (Phi) is 5.04. The topological polar surface area (TPSA) is 93.5 Å². The van der Waals surface area contributed by atoms with Crippen LogP contribution in [0.1, 0.15) is 28.7 Å². The van der Waals surface area contributed by atoms with Gasteiger partial charge < -0.3 is 15.2 Å². The summed E-state index contributed by atoms with van der Waals surface area (Å²) in [6.45, 7) is 5.06. The van der Waals surface area contributed by atoms with Crippen LogP contribution in [-0.2, 0) is 9.53 Å². The number of carbonyl (C=O) groups excluding carboxylic acids is 1. The second kappa shape index (κ2) is 6.84. The van der Waals surface area contributed by atoms with Crippen molar-refractivity contribution in [2.75, 3.05) is 13.7 Å². The Morgan fingerprint density at radius 3 is 2.46 bits per heavy atom.